The van der Waals surface area contributed by atoms with Gasteiger partial charge in [-0.1, -0.05) is 18.2 Å². The number of aliphatic carboxylic acids is 2. The lowest BCUT2D eigenvalue weighted by molar-refractivity contribution is -0.141. The molecular weight excluding hydrogens is 466 g/mol. The van der Waals surface area contributed by atoms with E-state index >= 15 is 0 Å². The van der Waals surface area contributed by atoms with Gasteiger partial charge in [-0.2, -0.15) is 12.6 Å². The van der Waals surface area contributed by atoms with E-state index in [-0.39, 0.29) is 12.2 Å². The van der Waals surface area contributed by atoms with Crippen LogP contribution in [0.2, 0.25) is 0 Å². The second kappa shape index (κ2) is 12.0. The molecule has 1 aromatic heterocycles. The second-order valence-corrected chi connectivity index (χ2v) is 8.01. The maximum Gasteiger partial charge on any atom is 0.325 e. The van der Waals surface area contributed by atoms with E-state index in [0.29, 0.717) is 5.56 Å². The molecule has 2 rings (SSSR count). The molecule has 0 radical (unpaired) electrons. The summed E-state index contributed by atoms with van der Waals surface area (Å²) in [6.45, 7) is 1.28. The number of carboxylic acids is 2. The Morgan fingerprint density at radius 3 is 2.24 bits per heavy atom. The van der Waals surface area contributed by atoms with E-state index in [1.165, 1.54) is 6.92 Å². The van der Waals surface area contributed by atoms with E-state index in [0.717, 1.165) is 10.9 Å². The first kappa shape index (κ1) is 26.7. The predicted molar refractivity (Wildman–Crippen MR) is 125 cm³/mol. The van der Waals surface area contributed by atoms with Crippen LogP contribution in [0.4, 0.5) is 0 Å². The fourth-order valence-corrected chi connectivity index (χ4v) is 3.39. The van der Waals surface area contributed by atoms with Gasteiger partial charge in [0.25, 0.3) is 0 Å². The van der Waals surface area contributed by atoms with Crippen LogP contribution in [-0.2, 0) is 30.4 Å². The number of H-pyrrole nitrogens is 1. The molecule has 0 spiro atoms. The minimum Gasteiger partial charge on any atom is -0.481 e. The molecule has 2 aromatic rings. The number of carbonyl (C=O) groups excluding carboxylic acids is 3. The van der Waals surface area contributed by atoms with Crippen molar-refractivity contribution in [1.82, 2.24) is 20.9 Å². The normalized spacial score (nSPS) is 14.4. The summed E-state index contributed by atoms with van der Waals surface area (Å²) in [7, 11) is 0. The van der Waals surface area contributed by atoms with Gasteiger partial charge in [0.05, 0.1) is 12.5 Å². The number of hydrogen-bond donors (Lipinski definition) is 8. The standard InChI is InChI=1S/C21H27N5O7S/c1-10(21(32)33)24-19(30)15(6-11-8-23-14-5-3-2-4-12(11)14)25-20(31)16(9-34)26-18(29)13(22)7-17(27)28/h2-5,8,10,13,15-16,23,34H,6-7,9,22H2,1H3,(H,24,30)(H,25,31)(H,26,29)(H,27,28)(H,32,33). The van der Waals surface area contributed by atoms with Crippen molar-refractivity contribution >= 4 is 53.2 Å². The van der Waals surface area contributed by atoms with Gasteiger partial charge in [0, 0.05) is 29.3 Å². The Balaban J connectivity index is 2.20. The number of carbonyl (C=O) groups is 5. The first-order valence-electron chi connectivity index (χ1n) is 10.3. The maximum atomic E-state index is 12.8. The number of benzene rings is 1. The SMILES string of the molecule is CC(NC(=O)C(Cc1c[nH]c2ccccc12)NC(=O)C(CS)NC(=O)C(N)CC(=O)O)C(=O)O. The van der Waals surface area contributed by atoms with Gasteiger partial charge in [-0.15, -0.1) is 0 Å². The molecule has 0 aliphatic rings. The minimum absolute atomic E-state index is 0.0275. The third-order valence-electron chi connectivity index (χ3n) is 5.01. The van der Waals surface area contributed by atoms with E-state index in [2.05, 4.69) is 33.6 Å². The van der Waals surface area contributed by atoms with Gasteiger partial charge in [0.2, 0.25) is 17.7 Å². The fraction of sp³-hybridized carbons (Fsp3) is 0.381. The molecule has 0 fully saturated rings. The molecule has 184 valence electrons. The summed E-state index contributed by atoms with van der Waals surface area (Å²) in [5, 5.41) is 25.9. The number of hydrogen-bond acceptors (Lipinski definition) is 7. The Morgan fingerprint density at radius 2 is 1.62 bits per heavy atom. The predicted octanol–water partition coefficient (Wildman–Crippen LogP) is -0.999. The van der Waals surface area contributed by atoms with Crippen LogP contribution in [0.1, 0.15) is 18.9 Å². The van der Waals surface area contributed by atoms with E-state index in [1.807, 2.05) is 24.3 Å². The Morgan fingerprint density at radius 1 is 1.00 bits per heavy atom. The van der Waals surface area contributed by atoms with Crippen molar-refractivity contribution in [3.63, 3.8) is 0 Å². The molecule has 0 saturated heterocycles. The third-order valence-corrected chi connectivity index (χ3v) is 5.37. The molecule has 0 saturated carbocycles. The van der Waals surface area contributed by atoms with Crippen LogP contribution in [0.15, 0.2) is 30.5 Å². The molecule has 0 aliphatic heterocycles. The molecule has 1 heterocycles. The van der Waals surface area contributed by atoms with Crippen LogP contribution < -0.4 is 21.7 Å². The van der Waals surface area contributed by atoms with Crippen LogP contribution in [0, 0.1) is 0 Å². The summed E-state index contributed by atoms with van der Waals surface area (Å²) in [4.78, 5) is 62.8. The lowest BCUT2D eigenvalue weighted by Gasteiger charge is -2.24. The Labute approximate surface area is 200 Å². The topological polar surface area (TPSA) is 204 Å². The van der Waals surface area contributed by atoms with Crippen LogP contribution in [0.25, 0.3) is 10.9 Å². The smallest absolute Gasteiger partial charge is 0.325 e. The highest BCUT2D eigenvalue weighted by molar-refractivity contribution is 7.80. The van der Waals surface area contributed by atoms with Crippen molar-refractivity contribution in [2.45, 2.75) is 43.9 Å². The molecule has 4 atom stereocenters. The Bertz CT molecular complexity index is 1070. The highest BCUT2D eigenvalue weighted by Crippen LogP contribution is 2.19. The zero-order chi connectivity index (χ0) is 25.4. The number of nitrogens with two attached hydrogens (primary N) is 1. The number of rotatable bonds is 12. The summed E-state index contributed by atoms with van der Waals surface area (Å²) in [6.07, 6.45) is 1.08. The van der Waals surface area contributed by atoms with Crippen molar-refractivity contribution in [2.24, 2.45) is 5.73 Å². The lowest BCUT2D eigenvalue weighted by atomic mass is 10.0. The van der Waals surface area contributed by atoms with Crippen LogP contribution in [0.3, 0.4) is 0 Å². The summed E-state index contributed by atoms with van der Waals surface area (Å²) in [5.74, 6) is -5.07. The van der Waals surface area contributed by atoms with E-state index in [1.54, 1.807) is 6.20 Å². The number of carboxylic acid groups (broad SMARTS) is 2. The molecule has 4 unspecified atom stereocenters. The maximum absolute atomic E-state index is 12.8. The zero-order valence-corrected chi connectivity index (χ0v) is 19.2. The molecule has 0 bridgehead atoms. The molecular formula is C21H27N5O7S. The molecule has 8 N–H and O–H groups in total. The van der Waals surface area contributed by atoms with Gasteiger partial charge in [-0.3, -0.25) is 24.0 Å². The Hall–Kier alpha value is -3.58. The third kappa shape index (κ3) is 7.22. The van der Waals surface area contributed by atoms with Crippen LogP contribution in [0.5, 0.6) is 0 Å². The highest BCUT2D eigenvalue weighted by Gasteiger charge is 2.30. The summed E-state index contributed by atoms with van der Waals surface area (Å²) >= 11 is 4.05. The van der Waals surface area contributed by atoms with Crippen molar-refractivity contribution < 1.29 is 34.2 Å². The second-order valence-electron chi connectivity index (χ2n) is 7.64. The Kier molecular flexibility index (Phi) is 9.45. The number of para-hydroxylation sites is 1. The van der Waals surface area contributed by atoms with E-state index < -0.39 is 60.2 Å². The number of aromatic nitrogens is 1. The summed E-state index contributed by atoms with van der Waals surface area (Å²) in [5.41, 5.74) is 7.04. The van der Waals surface area contributed by atoms with Gasteiger partial charge in [-0.25, -0.2) is 0 Å². The highest BCUT2D eigenvalue weighted by atomic mass is 32.1. The number of amides is 3. The van der Waals surface area contributed by atoms with Gasteiger partial charge in [0.15, 0.2) is 0 Å². The first-order valence-corrected chi connectivity index (χ1v) is 10.9. The van der Waals surface area contributed by atoms with Gasteiger partial charge in [-0.05, 0) is 18.6 Å². The molecule has 1 aromatic carbocycles. The average molecular weight is 494 g/mol. The molecule has 0 aliphatic carbocycles. The summed E-state index contributed by atoms with van der Waals surface area (Å²) in [6, 6.07) is 2.33. The average Bonchev–Trinajstić information content (AvgIpc) is 3.18. The van der Waals surface area contributed by atoms with Crippen molar-refractivity contribution in [3.8, 4) is 0 Å². The number of nitrogens with one attached hydrogen (secondary N) is 4. The number of fused-ring (bicyclic) bond motifs is 1. The molecule has 34 heavy (non-hydrogen) atoms. The summed E-state index contributed by atoms with van der Waals surface area (Å²) < 4.78 is 0. The van der Waals surface area contributed by atoms with E-state index in [9.17, 15) is 24.0 Å². The molecule has 13 heteroatoms. The van der Waals surface area contributed by atoms with Crippen molar-refractivity contribution in [2.75, 3.05) is 5.75 Å². The number of thiol groups is 1. The zero-order valence-electron chi connectivity index (χ0n) is 18.3. The number of aromatic amines is 1. The van der Waals surface area contributed by atoms with Gasteiger partial charge in [0.1, 0.15) is 18.1 Å². The van der Waals surface area contributed by atoms with Crippen molar-refractivity contribution in [3.05, 3.63) is 36.0 Å². The molecule has 12 nitrogen and oxygen atoms in total. The first-order chi connectivity index (χ1) is 16.0. The largest absolute Gasteiger partial charge is 0.481 e. The monoisotopic (exact) mass is 493 g/mol. The van der Waals surface area contributed by atoms with Crippen LogP contribution in [-0.4, -0.2) is 74.8 Å². The minimum atomic E-state index is -1.38. The van der Waals surface area contributed by atoms with Crippen LogP contribution >= 0.6 is 12.6 Å². The van der Waals surface area contributed by atoms with Gasteiger partial charge >= 0.3 is 11.9 Å². The quantitative estimate of drug-likeness (QED) is 0.172. The fourth-order valence-electron chi connectivity index (χ4n) is 3.13. The lowest BCUT2D eigenvalue weighted by Crippen LogP contribution is -2.58. The van der Waals surface area contributed by atoms with Crippen molar-refractivity contribution in [1.29, 1.82) is 0 Å². The van der Waals surface area contributed by atoms with Gasteiger partial charge < -0.3 is 36.9 Å². The molecule has 3 amide bonds. The van der Waals surface area contributed by atoms with E-state index in [4.69, 9.17) is 15.9 Å².